The smallest absolute Gasteiger partial charge is 0.160 e. The van der Waals surface area contributed by atoms with Crippen molar-refractivity contribution in [1.82, 2.24) is 0 Å². The van der Waals surface area contributed by atoms with E-state index in [1.807, 2.05) is 6.07 Å². The first-order valence-corrected chi connectivity index (χ1v) is 4.80. The summed E-state index contributed by atoms with van der Waals surface area (Å²) in [5.41, 5.74) is 0.561. The number of nitriles is 1. The summed E-state index contributed by atoms with van der Waals surface area (Å²) >= 11 is 0. The van der Waals surface area contributed by atoms with E-state index in [0.717, 1.165) is 25.0 Å². The van der Waals surface area contributed by atoms with Crippen LogP contribution in [-0.4, -0.2) is 6.54 Å². The molecule has 4 heteroatoms. The average molecular weight is 210 g/mol. The third-order valence-corrected chi connectivity index (χ3v) is 1.96. The molecule has 0 unspecified atom stereocenters. The highest BCUT2D eigenvalue weighted by Crippen LogP contribution is 2.13. The van der Waals surface area contributed by atoms with Crippen molar-refractivity contribution >= 4 is 5.69 Å². The maximum Gasteiger partial charge on any atom is 0.160 e. The Bertz CT molecular complexity index is 358. The summed E-state index contributed by atoms with van der Waals surface area (Å²) in [5.74, 6) is -1.69. The summed E-state index contributed by atoms with van der Waals surface area (Å²) in [6, 6.07) is 5.75. The molecule has 0 radical (unpaired) electrons. The SMILES string of the molecule is N#CCCCCNc1ccc(F)c(F)c1. The van der Waals surface area contributed by atoms with Gasteiger partial charge in [0.25, 0.3) is 0 Å². The van der Waals surface area contributed by atoms with E-state index in [1.54, 1.807) is 0 Å². The highest BCUT2D eigenvalue weighted by molar-refractivity contribution is 5.43. The first-order valence-electron chi connectivity index (χ1n) is 4.80. The quantitative estimate of drug-likeness (QED) is 0.758. The number of hydrogen-bond donors (Lipinski definition) is 1. The molecule has 1 N–H and O–H groups in total. The predicted octanol–water partition coefficient (Wildman–Crippen LogP) is 3.07. The molecule has 1 aromatic carbocycles. The number of nitrogens with one attached hydrogen (secondary N) is 1. The van der Waals surface area contributed by atoms with Crippen LogP contribution in [0.5, 0.6) is 0 Å². The van der Waals surface area contributed by atoms with Crippen molar-refractivity contribution < 1.29 is 8.78 Å². The fourth-order valence-corrected chi connectivity index (χ4v) is 1.17. The van der Waals surface area contributed by atoms with E-state index < -0.39 is 11.6 Å². The topological polar surface area (TPSA) is 35.8 Å². The van der Waals surface area contributed by atoms with Gasteiger partial charge in [0.05, 0.1) is 6.07 Å². The summed E-state index contributed by atoms with van der Waals surface area (Å²) in [5, 5.41) is 11.2. The molecule has 0 aliphatic rings. The lowest BCUT2D eigenvalue weighted by Crippen LogP contribution is -2.01. The molecule has 0 fully saturated rings. The van der Waals surface area contributed by atoms with Crippen LogP contribution in [0.4, 0.5) is 14.5 Å². The first kappa shape index (κ1) is 11.4. The second kappa shape index (κ2) is 5.97. The second-order valence-electron chi connectivity index (χ2n) is 3.17. The van der Waals surface area contributed by atoms with Crippen molar-refractivity contribution in [2.24, 2.45) is 0 Å². The van der Waals surface area contributed by atoms with Crippen LogP contribution in [0.2, 0.25) is 0 Å². The van der Waals surface area contributed by atoms with Gasteiger partial charge in [-0.05, 0) is 31.0 Å². The number of anilines is 1. The third kappa shape index (κ3) is 3.94. The van der Waals surface area contributed by atoms with Gasteiger partial charge in [0.15, 0.2) is 11.6 Å². The Morgan fingerprint density at radius 2 is 2.00 bits per heavy atom. The zero-order valence-electron chi connectivity index (χ0n) is 8.26. The maximum atomic E-state index is 12.8. The van der Waals surface area contributed by atoms with Crippen LogP contribution in [0.25, 0.3) is 0 Å². The lowest BCUT2D eigenvalue weighted by molar-refractivity contribution is 0.509. The Balaban J connectivity index is 2.32. The minimum atomic E-state index is -0.850. The molecule has 0 saturated heterocycles. The van der Waals surface area contributed by atoms with Gasteiger partial charge < -0.3 is 5.32 Å². The van der Waals surface area contributed by atoms with Crippen LogP contribution >= 0.6 is 0 Å². The first-order chi connectivity index (χ1) is 7.24. The van der Waals surface area contributed by atoms with Gasteiger partial charge in [-0.25, -0.2) is 8.78 Å². The highest BCUT2D eigenvalue weighted by atomic mass is 19.2. The van der Waals surface area contributed by atoms with Crippen molar-refractivity contribution in [2.75, 3.05) is 11.9 Å². The van der Waals surface area contributed by atoms with E-state index in [2.05, 4.69) is 5.32 Å². The number of unbranched alkanes of at least 4 members (excludes halogenated alkanes) is 2. The minimum absolute atomic E-state index is 0.527. The largest absolute Gasteiger partial charge is 0.385 e. The predicted molar refractivity (Wildman–Crippen MR) is 54.3 cm³/mol. The van der Waals surface area contributed by atoms with Crippen LogP contribution < -0.4 is 5.32 Å². The van der Waals surface area contributed by atoms with Gasteiger partial charge >= 0.3 is 0 Å². The molecule has 0 aliphatic heterocycles. The van der Waals surface area contributed by atoms with Gasteiger partial charge in [-0.1, -0.05) is 0 Å². The van der Waals surface area contributed by atoms with E-state index in [9.17, 15) is 8.78 Å². The molecule has 1 aromatic rings. The molecule has 0 aliphatic carbocycles. The molecule has 0 saturated carbocycles. The summed E-state index contributed by atoms with van der Waals surface area (Å²) in [6.07, 6.45) is 2.18. The molecular weight excluding hydrogens is 198 g/mol. The summed E-state index contributed by atoms with van der Waals surface area (Å²) in [7, 11) is 0. The summed E-state index contributed by atoms with van der Waals surface area (Å²) in [6.45, 7) is 0.659. The number of halogens is 2. The number of nitrogens with zero attached hydrogens (tertiary/aromatic N) is 1. The maximum absolute atomic E-state index is 12.8. The Labute approximate surface area is 87.5 Å². The van der Waals surface area contributed by atoms with Gasteiger partial charge in [-0.3, -0.25) is 0 Å². The molecule has 1 rings (SSSR count). The fourth-order valence-electron chi connectivity index (χ4n) is 1.17. The lowest BCUT2D eigenvalue weighted by Gasteiger charge is -2.05. The molecule has 0 aromatic heterocycles. The average Bonchev–Trinajstić information content (AvgIpc) is 2.23. The number of rotatable bonds is 5. The summed E-state index contributed by atoms with van der Waals surface area (Å²) in [4.78, 5) is 0. The van der Waals surface area contributed by atoms with Gasteiger partial charge in [0, 0.05) is 18.7 Å². The normalized spacial score (nSPS) is 9.67. The molecule has 0 spiro atoms. The Morgan fingerprint density at radius 3 is 2.67 bits per heavy atom. The third-order valence-electron chi connectivity index (χ3n) is 1.96. The van der Waals surface area contributed by atoms with Gasteiger partial charge in [-0.15, -0.1) is 0 Å². The van der Waals surface area contributed by atoms with Crippen molar-refractivity contribution in [3.05, 3.63) is 29.8 Å². The van der Waals surface area contributed by atoms with Crippen molar-refractivity contribution in [1.29, 1.82) is 5.26 Å². The van der Waals surface area contributed by atoms with E-state index >= 15 is 0 Å². The standard InChI is InChI=1S/C11H12F2N2/c12-10-5-4-9(8-11(10)13)15-7-3-1-2-6-14/h4-5,8,15H,1-3,7H2. The zero-order valence-corrected chi connectivity index (χ0v) is 8.26. The van der Waals surface area contributed by atoms with Crippen molar-refractivity contribution in [3.63, 3.8) is 0 Å². The zero-order chi connectivity index (χ0) is 11.1. The van der Waals surface area contributed by atoms with Crippen LogP contribution in [0.15, 0.2) is 18.2 Å². The number of hydrogen-bond acceptors (Lipinski definition) is 2. The molecular formula is C11H12F2N2. The number of benzene rings is 1. The Morgan fingerprint density at radius 1 is 1.20 bits per heavy atom. The van der Waals surface area contributed by atoms with Gasteiger partial charge in [0.2, 0.25) is 0 Å². The van der Waals surface area contributed by atoms with E-state index in [1.165, 1.54) is 6.07 Å². The van der Waals surface area contributed by atoms with Crippen LogP contribution in [0, 0.1) is 23.0 Å². The molecule has 0 heterocycles. The Kier molecular flexibility index (Phi) is 4.55. The van der Waals surface area contributed by atoms with E-state index in [-0.39, 0.29) is 0 Å². The minimum Gasteiger partial charge on any atom is -0.385 e. The van der Waals surface area contributed by atoms with E-state index in [4.69, 9.17) is 5.26 Å². The van der Waals surface area contributed by atoms with Crippen LogP contribution in [-0.2, 0) is 0 Å². The highest BCUT2D eigenvalue weighted by Gasteiger charge is 2.01. The van der Waals surface area contributed by atoms with Gasteiger partial charge in [-0.2, -0.15) is 5.26 Å². The molecule has 15 heavy (non-hydrogen) atoms. The van der Waals surface area contributed by atoms with E-state index in [0.29, 0.717) is 18.7 Å². The van der Waals surface area contributed by atoms with Crippen molar-refractivity contribution in [2.45, 2.75) is 19.3 Å². The Hall–Kier alpha value is -1.63. The second-order valence-corrected chi connectivity index (χ2v) is 3.17. The van der Waals surface area contributed by atoms with Crippen molar-refractivity contribution in [3.8, 4) is 6.07 Å². The molecule has 80 valence electrons. The molecule has 2 nitrogen and oxygen atoms in total. The fraction of sp³-hybridized carbons (Fsp3) is 0.364. The monoisotopic (exact) mass is 210 g/mol. The molecule has 0 bridgehead atoms. The molecule has 0 atom stereocenters. The summed E-state index contributed by atoms with van der Waals surface area (Å²) < 4.78 is 25.3. The lowest BCUT2D eigenvalue weighted by atomic mass is 10.2. The van der Waals surface area contributed by atoms with Crippen LogP contribution in [0.3, 0.4) is 0 Å². The van der Waals surface area contributed by atoms with Crippen LogP contribution in [0.1, 0.15) is 19.3 Å². The molecule has 0 amide bonds. The van der Waals surface area contributed by atoms with Gasteiger partial charge in [0.1, 0.15) is 0 Å².